The molecular weight excluding hydrogens is 368 g/mol. The van der Waals surface area contributed by atoms with Crippen molar-refractivity contribution in [3.05, 3.63) is 65.4 Å². The first kappa shape index (κ1) is 19.0. The van der Waals surface area contributed by atoms with E-state index in [1.165, 1.54) is 4.90 Å². The number of methoxy groups -OCH3 is 1. The largest absolute Gasteiger partial charge is 0.497 e. The number of hydrogen-bond acceptors (Lipinski definition) is 4. The molecule has 0 spiro atoms. The SMILES string of the molecule is COc1cccc(CC2NC(=O)N(Cc3ccc4[nH]cc(CCN)c4c3)C2=O)c1. The fraction of sp³-hybridized carbons (Fsp3) is 0.273. The monoisotopic (exact) mass is 392 g/mol. The third kappa shape index (κ3) is 3.82. The maximum atomic E-state index is 12.9. The number of urea groups is 1. The van der Waals surface area contributed by atoms with Gasteiger partial charge in [0.25, 0.3) is 5.91 Å². The van der Waals surface area contributed by atoms with Crippen LogP contribution in [0.4, 0.5) is 4.79 Å². The van der Waals surface area contributed by atoms with E-state index in [4.69, 9.17) is 10.5 Å². The molecule has 2 aromatic carbocycles. The second kappa shape index (κ2) is 7.97. The number of rotatable bonds is 7. The zero-order chi connectivity index (χ0) is 20.4. The third-order valence-electron chi connectivity index (χ3n) is 5.27. The number of nitrogens with two attached hydrogens (primary N) is 1. The Morgan fingerprint density at radius 2 is 2.00 bits per heavy atom. The predicted octanol–water partition coefficient (Wildman–Crippen LogP) is 2.34. The first-order valence-corrected chi connectivity index (χ1v) is 9.63. The molecule has 7 nitrogen and oxygen atoms in total. The molecule has 150 valence electrons. The number of ether oxygens (including phenoxy) is 1. The second-order valence-corrected chi connectivity index (χ2v) is 7.21. The Kier molecular flexibility index (Phi) is 5.22. The molecule has 0 bridgehead atoms. The number of H-pyrrole nitrogens is 1. The minimum Gasteiger partial charge on any atom is -0.497 e. The number of fused-ring (bicyclic) bond motifs is 1. The average Bonchev–Trinajstić information content (AvgIpc) is 3.24. The van der Waals surface area contributed by atoms with E-state index < -0.39 is 6.04 Å². The molecule has 1 atom stereocenters. The van der Waals surface area contributed by atoms with Crippen LogP contribution in [-0.4, -0.2) is 41.5 Å². The fourth-order valence-electron chi connectivity index (χ4n) is 3.77. The van der Waals surface area contributed by atoms with Crippen LogP contribution in [-0.2, 0) is 24.2 Å². The lowest BCUT2D eigenvalue weighted by Crippen LogP contribution is -2.32. The molecule has 4 N–H and O–H groups in total. The summed E-state index contributed by atoms with van der Waals surface area (Å²) < 4.78 is 5.23. The highest BCUT2D eigenvalue weighted by molar-refractivity contribution is 6.04. The number of hydrogen-bond donors (Lipinski definition) is 3. The summed E-state index contributed by atoms with van der Waals surface area (Å²) in [5.74, 6) is 0.512. The molecule has 1 aliphatic rings. The van der Waals surface area contributed by atoms with Crippen LogP contribution < -0.4 is 15.8 Å². The molecule has 0 aliphatic carbocycles. The van der Waals surface area contributed by atoms with Gasteiger partial charge < -0.3 is 20.8 Å². The normalized spacial score (nSPS) is 16.5. The predicted molar refractivity (Wildman–Crippen MR) is 111 cm³/mol. The first-order chi connectivity index (χ1) is 14.1. The average molecular weight is 392 g/mol. The van der Waals surface area contributed by atoms with Crippen molar-refractivity contribution in [1.29, 1.82) is 0 Å². The zero-order valence-corrected chi connectivity index (χ0v) is 16.3. The van der Waals surface area contributed by atoms with Gasteiger partial charge in [0.15, 0.2) is 0 Å². The number of nitrogens with zero attached hydrogens (tertiary/aromatic N) is 1. The molecule has 0 radical (unpaired) electrons. The lowest BCUT2D eigenvalue weighted by molar-refractivity contribution is -0.127. The Balaban J connectivity index is 1.50. The summed E-state index contributed by atoms with van der Waals surface area (Å²) in [5, 5.41) is 3.87. The van der Waals surface area contributed by atoms with E-state index in [9.17, 15) is 9.59 Å². The molecule has 3 amide bonds. The van der Waals surface area contributed by atoms with Crippen LogP contribution in [0.5, 0.6) is 5.75 Å². The van der Waals surface area contributed by atoms with E-state index in [2.05, 4.69) is 10.3 Å². The number of aromatic nitrogens is 1. The van der Waals surface area contributed by atoms with E-state index in [1.807, 2.05) is 48.7 Å². The maximum Gasteiger partial charge on any atom is 0.325 e. The zero-order valence-electron chi connectivity index (χ0n) is 16.3. The molecule has 1 unspecified atom stereocenters. The van der Waals surface area contributed by atoms with Crippen molar-refractivity contribution in [2.45, 2.75) is 25.4 Å². The van der Waals surface area contributed by atoms with Crippen molar-refractivity contribution in [2.24, 2.45) is 5.73 Å². The molecule has 0 saturated carbocycles. The molecular formula is C22H24N4O3. The van der Waals surface area contributed by atoms with Crippen LogP contribution in [0.1, 0.15) is 16.7 Å². The Morgan fingerprint density at radius 3 is 2.79 bits per heavy atom. The summed E-state index contributed by atoms with van der Waals surface area (Å²) >= 11 is 0. The van der Waals surface area contributed by atoms with Crippen LogP contribution in [0, 0.1) is 0 Å². The molecule has 1 saturated heterocycles. The topological polar surface area (TPSA) is 100 Å². The summed E-state index contributed by atoms with van der Waals surface area (Å²) in [6.07, 6.45) is 3.16. The van der Waals surface area contributed by atoms with Gasteiger partial charge in [-0.2, -0.15) is 0 Å². The Hall–Kier alpha value is -3.32. The Labute approximate surface area is 168 Å². The summed E-state index contributed by atoms with van der Waals surface area (Å²) in [7, 11) is 1.60. The quantitative estimate of drug-likeness (QED) is 0.537. The van der Waals surface area contributed by atoms with Gasteiger partial charge in [0.2, 0.25) is 0 Å². The Bertz CT molecular complexity index is 1060. The number of carbonyl (C=O) groups is 2. The van der Waals surface area contributed by atoms with Gasteiger partial charge in [0, 0.05) is 23.5 Å². The molecule has 2 heterocycles. The van der Waals surface area contributed by atoms with Gasteiger partial charge in [-0.3, -0.25) is 9.69 Å². The number of carbonyl (C=O) groups excluding carboxylic acids is 2. The smallest absolute Gasteiger partial charge is 0.325 e. The van der Waals surface area contributed by atoms with Crippen molar-refractivity contribution in [3.8, 4) is 5.75 Å². The number of amides is 3. The van der Waals surface area contributed by atoms with Gasteiger partial charge in [0.05, 0.1) is 13.7 Å². The highest BCUT2D eigenvalue weighted by Crippen LogP contribution is 2.23. The van der Waals surface area contributed by atoms with Crippen molar-refractivity contribution < 1.29 is 14.3 Å². The minimum atomic E-state index is -0.571. The summed E-state index contributed by atoms with van der Waals surface area (Å²) in [6, 6.07) is 12.5. The van der Waals surface area contributed by atoms with Crippen LogP contribution >= 0.6 is 0 Å². The van der Waals surface area contributed by atoms with Crippen molar-refractivity contribution in [2.75, 3.05) is 13.7 Å². The highest BCUT2D eigenvalue weighted by Gasteiger charge is 2.37. The maximum absolute atomic E-state index is 12.9. The number of nitrogens with one attached hydrogen (secondary N) is 2. The van der Waals surface area contributed by atoms with Gasteiger partial charge in [-0.05, 0) is 53.9 Å². The third-order valence-corrected chi connectivity index (χ3v) is 5.27. The van der Waals surface area contributed by atoms with E-state index in [0.29, 0.717) is 13.0 Å². The second-order valence-electron chi connectivity index (χ2n) is 7.21. The summed E-state index contributed by atoms with van der Waals surface area (Å²) in [5.41, 5.74) is 9.68. The molecule has 29 heavy (non-hydrogen) atoms. The van der Waals surface area contributed by atoms with E-state index in [0.717, 1.165) is 39.8 Å². The van der Waals surface area contributed by atoms with Gasteiger partial charge in [0.1, 0.15) is 11.8 Å². The molecule has 1 aliphatic heterocycles. The Morgan fingerprint density at radius 1 is 1.14 bits per heavy atom. The molecule has 4 rings (SSSR count). The van der Waals surface area contributed by atoms with Gasteiger partial charge in [-0.15, -0.1) is 0 Å². The van der Waals surface area contributed by atoms with Gasteiger partial charge >= 0.3 is 6.03 Å². The van der Waals surface area contributed by atoms with Crippen molar-refractivity contribution >= 4 is 22.8 Å². The number of benzene rings is 2. The van der Waals surface area contributed by atoms with Crippen molar-refractivity contribution in [3.63, 3.8) is 0 Å². The van der Waals surface area contributed by atoms with E-state index in [-0.39, 0.29) is 18.5 Å². The van der Waals surface area contributed by atoms with Crippen LogP contribution in [0.2, 0.25) is 0 Å². The summed E-state index contributed by atoms with van der Waals surface area (Å²) in [4.78, 5) is 29.8. The molecule has 7 heteroatoms. The van der Waals surface area contributed by atoms with Crippen LogP contribution in [0.25, 0.3) is 10.9 Å². The minimum absolute atomic E-state index is 0.214. The lowest BCUT2D eigenvalue weighted by atomic mass is 10.0. The number of imide groups is 1. The number of aromatic amines is 1. The highest BCUT2D eigenvalue weighted by atomic mass is 16.5. The standard InChI is InChI=1S/C22H24N4O3/c1-29-17-4-2-3-14(9-17)11-20-21(27)26(22(28)25-20)13-15-5-6-19-18(10-15)16(7-8-23)12-24-19/h2-6,9-10,12,20,24H,7-8,11,13,23H2,1H3,(H,25,28). The van der Waals surface area contributed by atoms with Gasteiger partial charge in [-0.25, -0.2) is 4.79 Å². The molecule has 1 aromatic heterocycles. The van der Waals surface area contributed by atoms with Gasteiger partial charge in [-0.1, -0.05) is 18.2 Å². The lowest BCUT2D eigenvalue weighted by Gasteiger charge is -2.14. The molecule has 1 fully saturated rings. The van der Waals surface area contributed by atoms with Crippen molar-refractivity contribution in [1.82, 2.24) is 15.2 Å². The van der Waals surface area contributed by atoms with E-state index >= 15 is 0 Å². The summed E-state index contributed by atoms with van der Waals surface area (Å²) in [6.45, 7) is 0.804. The first-order valence-electron chi connectivity index (χ1n) is 9.63. The van der Waals surface area contributed by atoms with Crippen LogP contribution in [0.15, 0.2) is 48.7 Å². The van der Waals surface area contributed by atoms with E-state index in [1.54, 1.807) is 7.11 Å². The molecule has 3 aromatic rings. The van der Waals surface area contributed by atoms with Crippen LogP contribution in [0.3, 0.4) is 0 Å². The fourth-order valence-corrected chi connectivity index (χ4v) is 3.77.